The quantitative estimate of drug-likeness (QED) is 0.147. The molecule has 3 aromatic rings. The number of methoxy groups -OCH3 is 2. The zero-order valence-corrected chi connectivity index (χ0v) is 27.6. The first-order chi connectivity index (χ1) is 21.6. The molecule has 0 spiro atoms. The molecule has 1 aromatic heterocycles. The van der Waals surface area contributed by atoms with Crippen molar-refractivity contribution in [3.8, 4) is 23.0 Å². The number of nitrogens with zero attached hydrogens (tertiary/aromatic N) is 2. The van der Waals surface area contributed by atoms with Crippen molar-refractivity contribution in [1.29, 1.82) is 0 Å². The van der Waals surface area contributed by atoms with Gasteiger partial charge in [-0.15, -0.1) is 0 Å². The van der Waals surface area contributed by atoms with E-state index >= 15 is 0 Å². The van der Waals surface area contributed by atoms with Crippen LogP contribution in [0.2, 0.25) is 0 Å². The maximum atomic E-state index is 14.1. The lowest BCUT2D eigenvalue weighted by molar-refractivity contribution is -0.140. The lowest BCUT2D eigenvalue weighted by Crippen LogP contribution is -2.40. The molecule has 11 heteroatoms. The molecule has 0 amide bonds. The molecule has 1 aliphatic heterocycles. The summed E-state index contributed by atoms with van der Waals surface area (Å²) >= 11 is 1.22. The summed E-state index contributed by atoms with van der Waals surface area (Å²) in [6, 6.07) is 9.59. The Hall–Kier alpha value is -4.38. The molecule has 240 valence electrons. The third-order valence-corrected chi connectivity index (χ3v) is 8.02. The predicted molar refractivity (Wildman–Crippen MR) is 172 cm³/mol. The molecule has 0 unspecified atom stereocenters. The Bertz CT molecular complexity index is 1770. The Balaban J connectivity index is 1.83. The van der Waals surface area contributed by atoms with Crippen LogP contribution in [0.5, 0.6) is 23.0 Å². The first kappa shape index (κ1) is 33.5. The third kappa shape index (κ3) is 7.83. The Labute approximate surface area is 266 Å². The Morgan fingerprint density at radius 1 is 1.02 bits per heavy atom. The van der Waals surface area contributed by atoms with Crippen LogP contribution >= 0.6 is 11.3 Å². The van der Waals surface area contributed by atoms with Gasteiger partial charge in [0.1, 0.15) is 0 Å². The molecule has 0 N–H and O–H groups in total. The highest BCUT2D eigenvalue weighted by Crippen LogP contribution is 2.36. The molecule has 45 heavy (non-hydrogen) atoms. The maximum absolute atomic E-state index is 14.1. The van der Waals surface area contributed by atoms with Crippen molar-refractivity contribution in [3.63, 3.8) is 0 Å². The predicted octanol–water partition coefficient (Wildman–Crippen LogP) is 4.95. The number of unbranched alkanes of at least 4 members (excludes halogenated alkanes) is 2. The molecule has 0 saturated heterocycles. The highest BCUT2D eigenvalue weighted by atomic mass is 32.1. The fraction of sp³-hybridized carbons (Fsp3) is 0.412. The van der Waals surface area contributed by atoms with Crippen molar-refractivity contribution in [2.45, 2.75) is 59.9 Å². The minimum Gasteiger partial charge on any atom is -0.493 e. The average molecular weight is 637 g/mol. The van der Waals surface area contributed by atoms with E-state index in [1.165, 1.54) is 29.9 Å². The van der Waals surface area contributed by atoms with Crippen molar-refractivity contribution in [1.82, 2.24) is 4.57 Å². The van der Waals surface area contributed by atoms with Gasteiger partial charge in [-0.25, -0.2) is 9.79 Å². The fourth-order valence-electron chi connectivity index (χ4n) is 4.89. The van der Waals surface area contributed by atoms with Gasteiger partial charge >= 0.3 is 11.9 Å². The normalized spacial score (nSPS) is 14.6. The molecule has 0 saturated carbocycles. The molecule has 2 heterocycles. The monoisotopic (exact) mass is 636 g/mol. The largest absolute Gasteiger partial charge is 0.493 e. The van der Waals surface area contributed by atoms with Gasteiger partial charge < -0.3 is 23.7 Å². The number of thiazole rings is 1. The Morgan fingerprint density at radius 3 is 2.40 bits per heavy atom. The van der Waals surface area contributed by atoms with Crippen molar-refractivity contribution >= 4 is 29.4 Å². The van der Waals surface area contributed by atoms with Crippen LogP contribution in [-0.4, -0.2) is 43.9 Å². The van der Waals surface area contributed by atoms with Gasteiger partial charge in [-0.2, -0.15) is 0 Å². The first-order valence-electron chi connectivity index (χ1n) is 14.9. The fourth-order valence-corrected chi connectivity index (χ4v) is 5.94. The first-order valence-corrected chi connectivity index (χ1v) is 15.8. The van der Waals surface area contributed by atoms with Crippen LogP contribution in [0, 0.1) is 5.92 Å². The number of benzene rings is 2. The van der Waals surface area contributed by atoms with Crippen molar-refractivity contribution < 1.29 is 33.3 Å². The number of esters is 2. The number of aromatic nitrogens is 1. The van der Waals surface area contributed by atoms with Crippen LogP contribution in [-0.2, 0) is 14.3 Å². The van der Waals surface area contributed by atoms with Crippen molar-refractivity contribution in [3.05, 3.63) is 78.5 Å². The zero-order chi connectivity index (χ0) is 32.7. The SMILES string of the molecule is CCCCCOc1ccc(/C=c2\sc3n(c2=O)[C@@H](c2ccc(OC(C)=O)c(OC)c2)C(C(=O)OCC(C)C)=C(C)N=3)cc1OC. The molecule has 1 aliphatic rings. The molecule has 0 fully saturated rings. The number of hydrogen-bond acceptors (Lipinski definition) is 10. The van der Waals surface area contributed by atoms with Gasteiger partial charge in [0, 0.05) is 6.92 Å². The lowest BCUT2D eigenvalue weighted by atomic mass is 9.95. The molecule has 10 nitrogen and oxygen atoms in total. The van der Waals surface area contributed by atoms with Crippen molar-refractivity contribution in [2.24, 2.45) is 10.9 Å². The summed E-state index contributed by atoms with van der Waals surface area (Å²) in [5.74, 6) is 0.746. The summed E-state index contributed by atoms with van der Waals surface area (Å²) in [6.07, 6.45) is 4.91. The zero-order valence-electron chi connectivity index (χ0n) is 26.8. The summed E-state index contributed by atoms with van der Waals surface area (Å²) in [4.78, 5) is 44.3. The van der Waals surface area contributed by atoms with E-state index in [4.69, 9.17) is 23.7 Å². The molecule has 0 bridgehead atoms. The second-order valence-corrected chi connectivity index (χ2v) is 12.1. The summed E-state index contributed by atoms with van der Waals surface area (Å²) in [6.45, 7) is 9.85. The van der Waals surface area contributed by atoms with Crippen LogP contribution in [0.15, 0.2) is 57.5 Å². The van der Waals surface area contributed by atoms with Gasteiger partial charge in [-0.05, 0) is 60.7 Å². The van der Waals surface area contributed by atoms with Crippen LogP contribution in [0.1, 0.15) is 71.0 Å². The van der Waals surface area contributed by atoms with E-state index in [2.05, 4.69) is 11.9 Å². The van der Waals surface area contributed by atoms with E-state index in [1.807, 2.05) is 32.0 Å². The molecule has 1 atom stereocenters. The van der Waals surface area contributed by atoms with Gasteiger partial charge in [0.2, 0.25) is 0 Å². The number of carbonyl (C=O) groups excluding carboxylic acids is 2. The second kappa shape index (κ2) is 15.1. The number of carbonyl (C=O) groups is 2. The molecule has 0 aliphatic carbocycles. The van der Waals surface area contributed by atoms with E-state index in [9.17, 15) is 14.4 Å². The smallest absolute Gasteiger partial charge is 0.338 e. The topological polar surface area (TPSA) is 115 Å². The number of hydrogen-bond donors (Lipinski definition) is 0. The molecule has 2 aromatic carbocycles. The van der Waals surface area contributed by atoms with Crippen LogP contribution in [0.25, 0.3) is 6.08 Å². The van der Waals surface area contributed by atoms with E-state index in [1.54, 1.807) is 38.3 Å². The number of fused-ring (bicyclic) bond motifs is 1. The minimum absolute atomic E-state index is 0.114. The summed E-state index contributed by atoms with van der Waals surface area (Å²) < 4.78 is 29.8. The van der Waals surface area contributed by atoms with Gasteiger partial charge in [-0.1, -0.05) is 57.1 Å². The van der Waals surface area contributed by atoms with Crippen LogP contribution in [0.3, 0.4) is 0 Å². The third-order valence-electron chi connectivity index (χ3n) is 7.04. The Kier molecular flexibility index (Phi) is 11.2. The number of rotatable bonds is 13. The van der Waals surface area contributed by atoms with Crippen LogP contribution in [0.4, 0.5) is 0 Å². The van der Waals surface area contributed by atoms with E-state index in [0.717, 1.165) is 24.8 Å². The highest BCUT2D eigenvalue weighted by Gasteiger charge is 2.34. The van der Waals surface area contributed by atoms with Gasteiger partial charge in [0.05, 0.1) is 49.3 Å². The molecular weight excluding hydrogens is 596 g/mol. The van der Waals surface area contributed by atoms with E-state index < -0.39 is 18.0 Å². The number of allylic oxidation sites excluding steroid dienone is 1. The van der Waals surface area contributed by atoms with E-state index in [-0.39, 0.29) is 35.2 Å². The molecule has 4 rings (SSSR count). The second-order valence-electron chi connectivity index (χ2n) is 11.0. The Morgan fingerprint density at radius 2 is 1.73 bits per heavy atom. The average Bonchev–Trinajstić information content (AvgIpc) is 3.31. The van der Waals surface area contributed by atoms with E-state index in [0.29, 0.717) is 38.7 Å². The highest BCUT2D eigenvalue weighted by molar-refractivity contribution is 7.07. The maximum Gasteiger partial charge on any atom is 0.338 e. The van der Waals surface area contributed by atoms with Crippen molar-refractivity contribution in [2.75, 3.05) is 27.4 Å². The van der Waals surface area contributed by atoms with Crippen LogP contribution < -0.4 is 33.8 Å². The lowest BCUT2D eigenvalue weighted by Gasteiger charge is -2.25. The summed E-state index contributed by atoms with van der Waals surface area (Å²) in [5, 5.41) is 0. The number of ether oxygens (including phenoxy) is 5. The minimum atomic E-state index is -0.864. The molecule has 0 radical (unpaired) electrons. The van der Waals surface area contributed by atoms with Gasteiger partial charge in [0.25, 0.3) is 5.56 Å². The standard InChI is InChI=1S/C34H40N2O8S/c1-8-9-10-15-42-25-13-11-23(16-27(25)40-6)17-29-32(38)36-31(24-12-14-26(44-22(5)37)28(18-24)41-7)30(21(4)35-34(36)45-29)33(39)43-19-20(2)3/h11-14,16-18,20,31H,8-10,15,19H2,1-7H3/b29-17-/t31-/m0/s1. The van der Waals surface area contributed by atoms with Gasteiger partial charge in [0.15, 0.2) is 27.8 Å². The van der Waals surface area contributed by atoms with Gasteiger partial charge in [-0.3, -0.25) is 14.2 Å². The molecular formula is C34H40N2O8S. The summed E-state index contributed by atoms with van der Waals surface area (Å²) in [5.41, 5.74) is 1.66. The summed E-state index contributed by atoms with van der Waals surface area (Å²) in [7, 11) is 3.03.